The predicted octanol–water partition coefficient (Wildman–Crippen LogP) is 2.55. The molecule has 1 aromatic carbocycles. The van der Waals surface area contributed by atoms with Gasteiger partial charge >= 0.3 is 0 Å². The van der Waals surface area contributed by atoms with Crippen LogP contribution in [0.2, 0.25) is 5.02 Å². The van der Waals surface area contributed by atoms with Crippen molar-refractivity contribution in [3.63, 3.8) is 0 Å². The van der Waals surface area contributed by atoms with Crippen molar-refractivity contribution in [1.82, 2.24) is 10.4 Å². The third-order valence-electron chi connectivity index (χ3n) is 2.13. The Morgan fingerprint density at radius 3 is 2.47 bits per heavy atom. The monoisotopic (exact) mass is 276 g/mol. The van der Waals surface area contributed by atoms with Crippen LogP contribution in [0.5, 0.6) is 0 Å². The zero-order valence-electron chi connectivity index (χ0n) is 9.98. The van der Waals surface area contributed by atoms with Gasteiger partial charge in [-0.15, -0.1) is 12.4 Å². The Labute approximate surface area is 113 Å². The molecule has 0 saturated heterocycles. The standard InChI is InChI=1S/C11H17ClN4.ClH/c1-3-16(4-2)15-11(13)14-10-8-6-5-7-9(10)12;/h5-8H,3-4H2,1-2H3,(H3,13,14,15);1H. The zero-order valence-corrected chi connectivity index (χ0v) is 11.6. The summed E-state index contributed by atoms with van der Waals surface area (Å²) in [6.45, 7) is 5.79. The highest BCUT2D eigenvalue weighted by atomic mass is 35.5. The lowest BCUT2D eigenvalue weighted by molar-refractivity contribution is 0.261. The second-order valence-electron chi connectivity index (χ2n) is 3.23. The molecule has 1 aromatic rings. The fourth-order valence-corrected chi connectivity index (χ4v) is 1.42. The van der Waals surface area contributed by atoms with Crippen LogP contribution in [0.3, 0.4) is 0 Å². The van der Waals surface area contributed by atoms with Gasteiger partial charge in [-0.1, -0.05) is 37.6 Å². The number of halogens is 2. The van der Waals surface area contributed by atoms with Gasteiger partial charge in [-0.2, -0.15) is 0 Å². The van der Waals surface area contributed by atoms with Gasteiger partial charge in [0.05, 0.1) is 10.7 Å². The van der Waals surface area contributed by atoms with Crippen LogP contribution in [-0.4, -0.2) is 24.1 Å². The van der Waals surface area contributed by atoms with Crippen molar-refractivity contribution in [2.75, 3.05) is 13.1 Å². The van der Waals surface area contributed by atoms with E-state index in [2.05, 4.69) is 10.4 Å². The number of nitrogens with two attached hydrogens (primary N) is 1. The number of aliphatic imine (C=N–C) groups is 1. The molecule has 0 aliphatic heterocycles. The van der Waals surface area contributed by atoms with E-state index in [9.17, 15) is 0 Å². The van der Waals surface area contributed by atoms with Gasteiger partial charge in [-0.25, -0.2) is 10.0 Å². The number of hydrogen-bond donors (Lipinski definition) is 2. The van der Waals surface area contributed by atoms with E-state index in [4.69, 9.17) is 17.3 Å². The maximum Gasteiger partial charge on any atom is 0.208 e. The van der Waals surface area contributed by atoms with E-state index in [1.165, 1.54) is 0 Å². The molecule has 0 aliphatic carbocycles. The average Bonchev–Trinajstić information content (AvgIpc) is 2.29. The Morgan fingerprint density at radius 2 is 1.94 bits per heavy atom. The summed E-state index contributed by atoms with van der Waals surface area (Å²) in [4.78, 5) is 4.20. The molecule has 0 aliphatic rings. The van der Waals surface area contributed by atoms with Crippen LogP contribution < -0.4 is 11.2 Å². The van der Waals surface area contributed by atoms with Crippen molar-refractivity contribution in [2.24, 2.45) is 10.7 Å². The Bertz CT molecular complexity index is 364. The van der Waals surface area contributed by atoms with Crippen molar-refractivity contribution in [1.29, 1.82) is 0 Å². The minimum absolute atomic E-state index is 0. The number of nitrogens with zero attached hydrogens (tertiary/aromatic N) is 2. The molecule has 6 heteroatoms. The molecule has 0 bridgehead atoms. The summed E-state index contributed by atoms with van der Waals surface area (Å²) >= 11 is 5.97. The van der Waals surface area contributed by atoms with E-state index < -0.39 is 0 Å². The second-order valence-corrected chi connectivity index (χ2v) is 3.64. The van der Waals surface area contributed by atoms with E-state index in [0.29, 0.717) is 16.7 Å². The summed E-state index contributed by atoms with van der Waals surface area (Å²) in [5.41, 5.74) is 9.43. The minimum Gasteiger partial charge on any atom is -0.369 e. The van der Waals surface area contributed by atoms with E-state index in [1.54, 1.807) is 6.07 Å². The average molecular weight is 277 g/mol. The highest BCUT2D eigenvalue weighted by Gasteiger charge is 2.01. The molecular formula is C11H18Cl2N4. The van der Waals surface area contributed by atoms with E-state index in [1.807, 2.05) is 37.1 Å². The molecular weight excluding hydrogens is 259 g/mol. The zero-order chi connectivity index (χ0) is 12.0. The van der Waals surface area contributed by atoms with Crippen LogP contribution in [-0.2, 0) is 0 Å². The Kier molecular flexibility index (Phi) is 7.70. The summed E-state index contributed by atoms with van der Waals surface area (Å²) in [7, 11) is 0. The molecule has 0 atom stereocenters. The highest BCUT2D eigenvalue weighted by Crippen LogP contribution is 2.23. The van der Waals surface area contributed by atoms with Gasteiger partial charge in [0.25, 0.3) is 0 Å². The first-order valence-electron chi connectivity index (χ1n) is 5.27. The first-order chi connectivity index (χ1) is 7.67. The molecule has 0 heterocycles. The maximum absolute atomic E-state index is 5.97. The highest BCUT2D eigenvalue weighted by molar-refractivity contribution is 6.33. The van der Waals surface area contributed by atoms with Crippen LogP contribution in [0, 0.1) is 0 Å². The SMILES string of the molecule is CCN(CC)NC(N)=Nc1ccccc1Cl.Cl. The number of rotatable bonds is 4. The number of hydrazine groups is 1. The smallest absolute Gasteiger partial charge is 0.208 e. The molecule has 0 spiro atoms. The predicted molar refractivity (Wildman–Crippen MR) is 76.0 cm³/mol. The van der Waals surface area contributed by atoms with Crippen LogP contribution in [0.15, 0.2) is 29.3 Å². The molecule has 0 radical (unpaired) electrons. The first-order valence-corrected chi connectivity index (χ1v) is 5.65. The van der Waals surface area contributed by atoms with E-state index in [-0.39, 0.29) is 12.4 Å². The van der Waals surface area contributed by atoms with Gasteiger partial charge < -0.3 is 5.73 Å². The van der Waals surface area contributed by atoms with E-state index in [0.717, 1.165) is 13.1 Å². The van der Waals surface area contributed by atoms with Gasteiger partial charge in [0.1, 0.15) is 0 Å². The van der Waals surface area contributed by atoms with E-state index >= 15 is 0 Å². The lowest BCUT2D eigenvalue weighted by Crippen LogP contribution is -2.45. The summed E-state index contributed by atoms with van der Waals surface area (Å²) < 4.78 is 0. The van der Waals surface area contributed by atoms with Gasteiger partial charge in [-0.3, -0.25) is 5.43 Å². The van der Waals surface area contributed by atoms with Crippen molar-refractivity contribution < 1.29 is 0 Å². The van der Waals surface area contributed by atoms with Crippen molar-refractivity contribution >= 4 is 35.7 Å². The molecule has 0 amide bonds. The number of para-hydroxylation sites is 1. The lowest BCUT2D eigenvalue weighted by atomic mass is 10.3. The fourth-order valence-electron chi connectivity index (χ4n) is 1.24. The molecule has 0 fully saturated rings. The third-order valence-corrected chi connectivity index (χ3v) is 2.45. The molecule has 1 rings (SSSR count). The molecule has 17 heavy (non-hydrogen) atoms. The summed E-state index contributed by atoms with van der Waals surface area (Å²) in [6, 6.07) is 7.33. The fraction of sp³-hybridized carbons (Fsp3) is 0.364. The number of guanidine groups is 1. The second kappa shape index (κ2) is 8.17. The first kappa shape index (κ1) is 16.0. The number of benzene rings is 1. The lowest BCUT2D eigenvalue weighted by Gasteiger charge is -2.19. The van der Waals surface area contributed by atoms with Gasteiger partial charge in [0.2, 0.25) is 5.96 Å². The molecule has 0 aromatic heterocycles. The van der Waals surface area contributed by atoms with Crippen molar-refractivity contribution in [2.45, 2.75) is 13.8 Å². The van der Waals surface area contributed by atoms with Gasteiger partial charge in [0.15, 0.2) is 0 Å². The third kappa shape index (κ3) is 5.26. The summed E-state index contributed by atoms with van der Waals surface area (Å²) in [5, 5.41) is 2.54. The van der Waals surface area contributed by atoms with Crippen molar-refractivity contribution in [3.8, 4) is 0 Å². The summed E-state index contributed by atoms with van der Waals surface area (Å²) in [5.74, 6) is 0.344. The quantitative estimate of drug-likeness (QED) is 0.505. The van der Waals surface area contributed by atoms with Crippen LogP contribution in [0.25, 0.3) is 0 Å². The number of hydrogen-bond acceptors (Lipinski definition) is 2. The molecule has 4 nitrogen and oxygen atoms in total. The topological polar surface area (TPSA) is 53.6 Å². The molecule has 0 unspecified atom stereocenters. The largest absolute Gasteiger partial charge is 0.369 e. The Hall–Kier alpha value is -0.970. The Morgan fingerprint density at radius 1 is 1.35 bits per heavy atom. The van der Waals surface area contributed by atoms with Gasteiger partial charge in [0, 0.05) is 13.1 Å². The maximum atomic E-state index is 5.97. The minimum atomic E-state index is 0. The van der Waals surface area contributed by atoms with Crippen LogP contribution >= 0.6 is 24.0 Å². The summed E-state index contributed by atoms with van der Waals surface area (Å²) in [6.07, 6.45) is 0. The molecule has 96 valence electrons. The normalized spacial score (nSPS) is 11.2. The van der Waals surface area contributed by atoms with Crippen molar-refractivity contribution in [3.05, 3.63) is 29.3 Å². The number of nitrogens with one attached hydrogen (secondary N) is 1. The van der Waals surface area contributed by atoms with Crippen LogP contribution in [0.1, 0.15) is 13.8 Å². The molecule has 0 saturated carbocycles. The van der Waals surface area contributed by atoms with Gasteiger partial charge in [-0.05, 0) is 12.1 Å². The molecule has 3 N–H and O–H groups in total. The Balaban J connectivity index is 0.00000256. The van der Waals surface area contributed by atoms with Crippen LogP contribution in [0.4, 0.5) is 5.69 Å².